The number of alkyl halides is 3. The van der Waals surface area contributed by atoms with Gasteiger partial charge in [-0.15, -0.1) is 0 Å². The van der Waals surface area contributed by atoms with E-state index in [2.05, 4.69) is 4.98 Å². The minimum atomic E-state index is -4.83. The number of halogens is 4. The number of nitrogens with zero attached hydrogens (tertiary/aromatic N) is 2. The molecule has 0 fully saturated rings. The van der Waals surface area contributed by atoms with Crippen LogP contribution in [0.15, 0.2) is 35.3 Å². The van der Waals surface area contributed by atoms with E-state index in [9.17, 15) is 27.2 Å². The Hall–Kier alpha value is -2.75. The number of fused-ring (bicyclic) bond motifs is 1. The van der Waals surface area contributed by atoms with Gasteiger partial charge in [0.15, 0.2) is 4.96 Å². The van der Waals surface area contributed by atoms with Crippen LogP contribution in [0, 0.1) is 5.82 Å². The summed E-state index contributed by atoms with van der Waals surface area (Å²) in [7, 11) is 0. The highest BCUT2D eigenvalue weighted by Crippen LogP contribution is 2.32. The van der Waals surface area contributed by atoms with Crippen LogP contribution in [0.5, 0.6) is 0 Å². The second-order valence-electron chi connectivity index (χ2n) is 5.09. The summed E-state index contributed by atoms with van der Waals surface area (Å²) in [6, 6.07) is 3.90. The lowest BCUT2D eigenvalue weighted by Crippen LogP contribution is -2.14. The zero-order valence-electron chi connectivity index (χ0n) is 12.2. The van der Waals surface area contributed by atoms with E-state index in [0.29, 0.717) is 6.07 Å². The van der Waals surface area contributed by atoms with Gasteiger partial charge in [-0.2, -0.15) is 13.2 Å². The summed E-state index contributed by atoms with van der Waals surface area (Å²) < 4.78 is 53.4. The molecule has 0 saturated heterocycles. The monoisotopic (exact) mass is 372 g/mol. The van der Waals surface area contributed by atoms with E-state index in [1.807, 2.05) is 0 Å². The fraction of sp³-hybridized carbons (Fsp3) is 0.133. The van der Waals surface area contributed by atoms with Crippen LogP contribution in [-0.4, -0.2) is 20.5 Å². The smallest absolute Gasteiger partial charge is 0.419 e. The van der Waals surface area contributed by atoms with Gasteiger partial charge in [-0.25, -0.2) is 14.2 Å². The van der Waals surface area contributed by atoms with Gasteiger partial charge in [-0.3, -0.25) is 9.20 Å². The van der Waals surface area contributed by atoms with Gasteiger partial charge in [0.2, 0.25) is 0 Å². The topological polar surface area (TPSA) is 71.7 Å². The number of carbonyl (C=O) groups is 1. The van der Waals surface area contributed by atoms with E-state index in [1.54, 1.807) is 0 Å². The molecule has 1 aromatic carbocycles. The zero-order valence-corrected chi connectivity index (χ0v) is 13.0. The van der Waals surface area contributed by atoms with Gasteiger partial charge in [0.05, 0.1) is 11.3 Å². The van der Waals surface area contributed by atoms with E-state index in [-0.39, 0.29) is 27.5 Å². The Kier molecular flexibility index (Phi) is 4.07. The van der Waals surface area contributed by atoms with Crippen molar-refractivity contribution >= 4 is 22.3 Å². The molecule has 0 aliphatic carbocycles. The molecule has 3 aromatic rings. The maximum atomic E-state index is 14.1. The standard InChI is InChI=1S/C15H8F4N2O3S/c16-12-7(2-1-3-9(12)15(17,18)19)4-8-5-11(22)21-6-10(13(23)24)25-14(21)20-8/h1-3,5-6H,4H2,(H,23,24). The highest BCUT2D eigenvalue weighted by Gasteiger charge is 2.34. The van der Waals surface area contributed by atoms with Crippen molar-refractivity contribution in [2.45, 2.75) is 12.6 Å². The van der Waals surface area contributed by atoms with Crippen LogP contribution in [-0.2, 0) is 12.6 Å². The van der Waals surface area contributed by atoms with Crippen molar-refractivity contribution in [2.75, 3.05) is 0 Å². The number of hydrogen-bond acceptors (Lipinski definition) is 4. The Labute approximate surface area is 140 Å². The number of thiazole rings is 1. The van der Waals surface area contributed by atoms with Gasteiger partial charge < -0.3 is 5.11 Å². The molecule has 25 heavy (non-hydrogen) atoms. The molecule has 3 rings (SSSR count). The molecule has 0 amide bonds. The molecule has 1 N–H and O–H groups in total. The Bertz CT molecular complexity index is 1040. The number of rotatable bonds is 3. The average molecular weight is 372 g/mol. The van der Waals surface area contributed by atoms with Crippen molar-refractivity contribution in [3.63, 3.8) is 0 Å². The largest absolute Gasteiger partial charge is 0.477 e. The summed E-state index contributed by atoms with van der Waals surface area (Å²) in [5.41, 5.74) is -2.22. The number of aromatic carboxylic acids is 1. The molecule has 10 heteroatoms. The van der Waals surface area contributed by atoms with E-state index in [0.717, 1.165) is 34.1 Å². The third kappa shape index (κ3) is 3.25. The first-order valence-electron chi connectivity index (χ1n) is 6.77. The van der Waals surface area contributed by atoms with Crippen molar-refractivity contribution in [3.8, 4) is 0 Å². The molecule has 0 spiro atoms. The highest BCUT2D eigenvalue weighted by molar-refractivity contribution is 7.18. The van der Waals surface area contributed by atoms with Crippen molar-refractivity contribution < 1.29 is 27.5 Å². The quantitative estimate of drug-likeness (QED) is 0.717. The van der Waals surface area contributed by atoms with Crippen molar-refractivity contribution in [1.29, 1.82) is 0 Å². The van der Waals surface area contributed by atoms with Gasteiger partial charge in [-0.05, 0) is 11.6 Å². The molecule has 5 nitrogen and oxygen atoms in total. The first-order chi connectivity index (χ1) is 11.7. The molecule has 0 atom stereocenters. The molecule has 2 aromatic heterocycles. The summed E-state index contributed by atoms with van der Waals surface area (Å²) in [6.45, 7) is 0. The number of hydrogen-bond donors (Lipinski definition) is 1. The summed E-state index contributed by atoms with van der Waals surface area (Å²) in [5.74, 6) is -2.66. The maximum Gasteiger partial charge on any atom is 0.419 e. The summed E-state index contributed by atoms with van der Waals surface area (Å²) in [4.78, 5) is 26.9. The number of benzene rings is 1. The number of carboxylic acid groups (broad SMARTS) is 1. The maximum absolute atomic E-state index is 14.1. The van der Waals surface area contributed by atoms with Gasteiger partial charge in [0.1, 0.15) is 10.7 Å². The van der Waals surface area contributed by atoms with Crippen molar-refractivity contribution in [1.82, 2.24) is 9.38 Å². The Morgan fingerprint density at radius 2 is 2.04 bits per heavy atom. The van der Waals surface area contributed by atoms with Crippen LogP contribution in [0.25, 0.3) is 4.96 Å². The first kappa shape index (κ1) is 17.1. The average Bonchev–Trinajstić information content (AvgIpc) is 2.93. The van der Waals surface area contributed by atoms with Gasteiger partial charge in [0.25, 0.3) is 5.56 Å². The molecule has 130 valence electrons. The lowest BCUT2D eigenvalue weighted by molar-refractivity contribution is -0.140. The SMILES string of the molecule is O=C(O)c1cn2c(=O)cc(Cc3cccc(C(F)(F)F)c3F)nc2s1. The fourth-order valence-corrected chi connectivity index (χ4v) is 3.11. The van der Waals surface area contributed by atoms with Crippen LogP contribution in [0.4, 0.5) is 17.6 Å². The lowest BCUT2D eigenvalue weighted by atomic mass is 10.0. The predicted octanol–water partition coefficient (Wildman–Crippen LogP) is 3.20. The second-order valence-corrected chi connectivity index (χ2v) is 6.10. The highest BCUT2D eigenvalue weighted by atomic mass is 32.1. The molecule has 0 bridgehead atoms. The third-order valence-corrected chi connectivity index (χ3v) is 4.36. The molecule has 0 radical (unpaired) electrons. The fourth-order valence-electron chi connectivity index (χ4n) is 2.27. The summed E-state index contributed by atoms with van der Waals surface area (Å²) in [6.07, 6.45) is -4.06. The van der Waals surface area contributed by atoms with Crippen LogP contribution in [0.3, 0.4) is 0 Å². The molecular weight excluding hydrogens is 364 g/mol. The van der Waals surface area contributed by atoms with Crippen molar-refractivity contribution in [2.24, 2.45) is 0 Å². The number of carboxylic acids is 1. The lowest BCUT2D eigenvalue weighted by Gasteiger charge is -2.11. The third-order valence-electron chi connectivity index (χ3n) is 3.39. The van der Waals surface area contributed by atoms with E-state index < -0.39 is 29.1 Å². The molecule has 0 aliphatic rings. The molecule has 2 heterocycles. The van der Waals surface area contributed by atoms with E-state index >= 15 is 0 Å². The van der Waals surface area contributed by atoms with Gasteiger partial charge in [0, 0.05) is 18.7 Å². The first-order valence-corrected chi connectivity index (χ1v) is 7.58. The normalized spacial score (nSPS) is 11.8. The van der Waals surface area contributed by atoms with Crippen molar-refractivity contribution in [3.05, 3.63) is 68.3 Å². The number of aromatic nitrogens is 2. The minimum Gasteiger partial charge on any atom is -0.477 e. The van der Waals surface area contributed by atoms with E-state index in [1.165, 1.54) is 6.07 Å². The zero-order chi connectivity index (χ0) is 18.4. The Morgan fingerprint density at radius 3 is 2.68 bits per heavy atom. The predicted molar refractivity (Wildman–Crippen MR) is 80.5 cm³/mol. The van der Waals surface area contributed by atoms with Crippen LogP contribution >= 0.6 is 11.3 Å². The Balaban J connectivity index is 2.04. The summed E-state index contributed by atoms with van der Waals surface area (Å²) in [5, 5.41) is 8.94. The molecule has 0 aliphatic heterocycles. The molecular formula is C15H8F4N2O3S. The van der Waals surface area contributed by atoms with Crippen LogP contribution < -0.4 is 5.56 Å². The minimum absolute atomic E-state index is 0.0435. The summed E-state index contributed by atoms with van der Waals surface area (Å²) >= 11 is 0.734. The van der Waals surface area contributed by atoms with Crippen LogP contribution in [0.1, 0.15) is 26.5 Å². The van der Waals surface area contributed by atoms with Gasteiger partial charge >= 0.3 is 12.1 Å². The van der Waals surface area contributed by atoms with E-state index in [4.69, 9.17) is 5.11 Å². The Morgan fingerprint density at radius 1 is 1.32 bits per heavy atom. The van der Waals surface area contributed by atoms with Crippen LogP contribution in [0.2, 0.25) is 0 Å². The molecule has 0 unspecified atom stereocenters. The van der Waals surface area contributed by atoms with Gasteiger partial charge in [-0.1, -0.05) is 23.5 Å². The molecule has 0 saturated carbocycles. The second kappa shape index (κ2) is 5.96.